The third-order valence-corrected chi connectivity index (χ3v) is 5.61. The lowest BCUT2D eigenvalue weighted by molar-refractivity contribution is 0.0928. The summed E-state index contributed by atoms with van der Waals surface area (Å²) in [5.41, 5.74) is 0.984. The molecule has 0 aliphatic carbocycles. The molecule has 2 fully saturated rings. The maximum absolute atomic E-state index is 12.2. The van der Waals surface area contributed by atoms with Crippen molar-refractivity contribution in [3.63, 3.8) is 0 Å². The SMILES string of the molecule is Cc1csc(C(=O)NC2CC3CCC(C2)N3)c1Cl. The van der Waals surface area contributed by atoms with Crippen molar-refractivity contribution in [1.82, 2.24) is 10.6 Å². The fourth-order valence-electron chi connectivity index (χ4n) is 3.01. The number of aryl methyl sites for hydroxylation is 1. The summed E-state index contributed by atoms with van der Waals surface area (Å²) in [6.07, 6.45) is 4.58. The van der Waals surface area contributed by atoms with Gasteiger partial charge in [-0.15, -0.1) is 11.3 Å². The molecule has 18 heavy (non-hydrogen) atoms. The van der Waals surface area contributed by atoms with Crippen LogP contribution in [0.3, 0.4) is 0 Å². The van der Waals surface area contributed by atoms with E-state index in [-0.39, 0.29) is 5.91 Å². The number of rotatable bonds is 2. The second-order valence-corrected chi connectivity index (χ2v) is 6.60. The molecule has 2 aliphatic heterocycles. The average Bonchev–Trinajstić information content (AvgIpc) is 2.84. The van der Waals surface area contributed by atoms with Crippen LogP contribution in [0.4, 0.5) is 0 Å². The Morgan fingerprint density at radius 3 is 2.67 bits per heavy atom. The number of carbonyl (C=O) groups excluding carboxylic acids is 1. The minimum absolute atomic E-state index is 0.00981. The van der Waals surface area contributed by atoms with Crippen LogP contribution in [-0.2, 0) is 0 Å². The number of amides is 1. The first kappa shape index (κ1) is 12.5. The van der Waals surface area contributed by atoms with Gasteiger partial charge in [-0.25, -0.2) is 0 Å². The summed E-state index contributed by atoms with van der Waals surface area (Å²) in [4.78, 5) is 12.8. The topological polar surface area (TPSA) is 41.1 Å². The predicted octanol–water partition coefficient (Wildman–Crippen LogP) is 2.72. The zero-order valence-corrected chi connectivity index (χ0v) is 11.9. The van der Waals surface area contributed by atoms with Crippen molar-refractivity contribution in [3.8, 4) is 0 Å². The molecule has 2 aliphatic rings. The van der Waals surface area contributed by atoms with E-state index in [2.05, 4.69) is 10.6 Å². The number of hydrogen-bond acceptors (Lipinski definition) is 3. The summed E-state index contributed by atoms with van der Waals surface area (Å²) in [6, 6.07) is 1.49. The van der Waals surface area contributed by atoms with Gasteiger partial charge in [-0.2, -0.15) is 0 Å². The molecule has 2 atom stereocenters. The van der Waals surface area contributed by atoms with E-state index in [1.54, 1.807) is 0 Å². The minimum atomic E-state index is -0.00981. The zero-order chi connectivity index (χ0) is 12.7. The molecule has 1 aromatic heterocycles. The number of nitrogens with one attached hydrogen (secondary N) is 2. The molecule has 1 amide bonds. The van der Waals surface area contributed by atoms with E-state index in [9.17, 15) is 4.79 Å². The van der Waals surface area contributed by atoms with Crippen molar-refractivity contribution in [3.05, 3.63) is 20.8 Å². The van der Waals surface area contributed by atoms with Crippen molar-refractivity contribution < 1.29 is 4.79 Å². The lowest BCUT2D eigenvalue weighted by Gasteiger charge is -2.29. The Kier molecular flexibility index (Phi) is 3.34. The number of carbonyl (C=O) groups is 1. The first-order valence-corrected chi connectivity index (χ1v) is 7.69. The van der Waals surface area contributed by atoms with Gasteiger partial charge in [0.2, 0.25) is 0 Å². The molecule has 3 heterocycles. The van der Waals surface area contributed by atoms with Crippen molar-refractivity contribution in [2.45, 2.75) is 50.7 Å². The fourth-order valence-corrected chi connectivity index (χ4v) is 4.19. The third-order valence-electron chi connectivity index (χ3n) is 3.91. The van der Waals surface area contributed by atoms with Gasteiger partial charge in [0.1, 0.15) is 4.88 Å². The van der Waals surface area contributed by atoms with Crippen LogP contribution in [0.5, 0.6) is 0 Å². The smallest absolute Gasteiger partial charge is 0.263 e. The summed E-state index contributed by atoms with van der Waals surface area (Å²) in [7, 11) is 0. The highest BCUT2D eigenvalue weighted by atomic mass is 35.5. The Hall–Kier alpha value is -0.580. The fraction of sp³-hybridized carbons (Fsp3) is 0.615. The molecular weight excluding hydrogens is 268 g/mol. The van der Waals surface area contributed by atoms with Gasteiger partial charge in [-0.05, 0) is 43.6 Å². The molecule has 98 valence electrons. The highest BCUT2D eigenvalue weighted by Gasteiger charge is 2.34. The summed E-state index contributed by atoms with van der Waals surface area (Å²) < 4.78 is 0. The van der Waals surface area contributed by atoms with Crippen LogP contribution < -0.4 is 10.6 Å². The normalized spacial score (nSPS) is 30.4. The standard InChI is InChI=1S/C13H17ClN2OS/c1-7-6-18-12(11(7)14)13(17)16-10-4-8-2-3-9(5-10)15-8/h6,8-10,15H,2-5H2,1H3,(H,16,17). The van der Waals surface area contributed by atoms with Crippen molar-refractivity contribution in [2.24, 2.45) is 0 Å². The Morgan fingerprint density at radius 2 is 2.11 bits per heavy atom. The lowest BCUT2D eigenvalue weighted by Crippen LogP contribution is -2.47. The molecule has 3 rings (SSSR count). The Bertz CT molecular complexity index is 462. The average molecular weight is 285 g/mol. The number of fused-ring (bicyclic) bond motifs is 2. The van der Waals surface area contributed by atoms with Gasteiger partial charge >= 0.3 is 0 Å². The van der Waals surface area contributed by atoms with Crippen molar-refractivity contribution >= 4 is 28.8 Å². The van der Waals surface area contributed by atoms with E-state index in [0.717, 1.165) is 18.4 Å². The van der Waals surface area contributed by atoms with E-state index in [1.807, 2.05) is 12.3 Å². The Labute approximate surface area is 116 Å². The zero-order valence-electron chi connectivity index (χ0n) is 10.3. The van der Waals surface area contributed by atoms with Crippen LogP contribution in [0.1, 0.15) is 40.9 Å². The maximum atomic E-state index is 12.2. The lowest BCUT2D eigenvalue weighted by atomic mass is 10.00. The van der Waals surface area contributed by atoms with Crippen LogP contribution in [0.2, 0.25) is 5.02 Å². The van der Waals surface area contributed by atoms with E-state index >= 15 is 0 Å². The molecule has 0 spiro atoms. The number of halogens is 1. The number of hydrogen-bond donors (Lipinski definition) is 2. The molecule has 0 saturated carbocycles. The van der Waals surface area contributed by atoms with Gasteiger partial charge in [0, 0.05) is 18.1 Å². The van der Waals surface area contributed by atoms with E-state index in [1.165, 1.54) is 24.2 Å². The van der Waals surface area contributed by atoms with Gasteiger partial charge < -0.3 is 10.6 Å². The van der Waals surface area contributed by atoms with E-state index in [0.29, 0.717) is 28.0 Å². The van der Waals surface area contributed by atoms with E-state index in [4.69, 9.17) is 11.6 Å². The van der Waals surface area contributed by atoms with Crippen molar-refractivity contribution in [1.29, 1.82) is 0 Å². The molecule has 2 unspecified atom stereocenters. The molecular formula is C13H17ClN2OS. The summed E-state index contributed by atoms with van der Waals surface area (Å²) in [5, 5.41) is 9.25. The largest absolute Gasteiger partial charge is 0.348 e. The quantitative estimate of drug-likeness (QED) is 0.877. The van der Waals surface area contributed by atoms with Crippen LogP contribution in [0.25, 0.3) is 0 Å². The number of piperidine rings is 1. The minimum Gasteiger partial charge on any atom is -0.348 e. The summed E-state index contributed by atoms with van der Waals surface area (Å²) in [5.74, 6) is -0.00981. The molecule has 1 aromatic rings. The summed E-state index contributed by atoms with van der Waals surface area (Å²) in [6.45, 7) is 1.93. The molecule has 2 N–H and O–H groups in total. The molecule has 0 radical (unpaired) electrons. The first-order valence-electron chi connectivity index (χ1n) is 6.44. The van der Waals surface area contributed by atoms with Crippen molar-refractivity contribution in [2.75, 3.05) is 0 Å². The second-order valence-electron chi connectivity index (χ2n) is 5.34. The van der Waals surface area contributed by atoms with Crippen LogP contribution >= 0.6 is 22.9 Å². The van der Waals surface area contributed by atoms with Gasteiger partial charge in [-0.3, -0.25) is 4.79 Å². The Morgan fingerprint density at radius 1 is 1.44 bits per heavy atom. The first-order chi connectivity index (χ1) is 8.63. The van der Waals surface area contributed by atoms with Gasteiger partial charge in [-0.1, -0.05) is 11.6 Å². The van der Waals surface area contributed by atoms with Crippen LogP contribution in [0, 0.1) is 6.92 Å². The monoisotopic (exact) mass is 284 g/mol. The highest BCUT2D eigenvalue weighted by Crippen LogP contribution is 2.29. The predicted molar refractivity (Wildman–Crippen MR) is 74.5 cm³/mol. The molecule has 5 heteroatoms. The van der Waals surface area contributed by atoms with Gasteiger partial charge in [0.05, 0.1) is 5.02 Å². The second kappa shape index (κ2) is 4.83. The van der Waals surface area contributed by atoms with Gasteiger partial charge in [0.25, 0.3) is 5.91 Å². The summed E-state index contributed by atoms with van der Waals surface area (Å²) >= 11 is 7.56. The van der Waals surface area contributed by atoms with Crippen LogP contribution in [-0.4, -0.2) is 24.0 Å². The maximum Gasteiger partial charge on any atom is 0.263 e. The van der Waals surface area contributed by atoms with Gasteiger partial charge in [0.15, 0.2) is 0 Å². The highest BCUT2D eigenvalue weighted by molar-refractivity contribution is 7.13. The molecule has 2 saturated heterocycles. The van der Waals surface area contributed by atoms with Crippen LogP contribution in [0.15, 0.2) is 5.38 Å². The Balaban J connectivity index is 1.66. The molecule has 0 aromatic carbocycles. The molecule has 2 bridgehead atoms. The third kappa shape index (κ3) is 2.29. The molecule has 3 nitrogen and oxygen atoms in total. The number of thiophene rings is 1. The van der Waals surface area contributed by atoms with E-state index < -0.39 is 0 Å².